The van der Waals surface area contributed by atoms with Crippen molar-refractivity contribution < 1.29 is 14.7 Å². The zero-order chi connectivity index (χ0) is 13.9. The molecule has 0 fully saturated rings. The molecule has 1 aromatic rings. The van der Waals surface area contributed by atoms with E-state index in [9.17, 15) is 14.7 Å². The molecule has 0 aliphatic carbocycles. The molecule has 0 saturated heterocycles. The Morgan fingerprint density at radius 2 is 2.06 bits per heavy atom. The first-order valence-corrected chi connectivity index (χ1v) is 5.78. The van der Waals surface area contributed by atoms with Gasteiger partial charge in [-0.25, -0.2) is 4.79 Å². The third-order valence-corrected chi connectivity index (χ3v) is 3.01. The predicted molar refractivity (Wildman–Crippen MR) is 67.4 cm³/mol. The third-order valence-electron chi connectivity index (χ3n) is 3.01. The highest BCUT2D eigenvalue weighted by atomic mass is 16.4. The van der Waals surface area contributed by atoms with E-state index in [-0.39, 0.29) is 5.91 Å². The fraction of sp³-hybridized carbons (Fsp3) is 0.462. The molecule has 5 heteroatoms. The van der Waals surface area contributed by atoms with E-state index in [2.05, 4.69) is 4.98 Å². The molecule has 0 atom stereocenters. The van der Waals surface area contributed by atoms with Crippen LogP contribution in [0.5, 0.6) is 0 Å². The number of carboxylic acid groups (broad SMARTS) is 1. The number of nitrogens with zero attached hydrogens (tertiary/aromatic N) is 2. The van der Waals surface area contributed by atoms with Crippen LogP contribution in [0.2, 0.25) is 0 Å². The van der Waals surface area contributed by atoms with Crippen molar-refractivity contribution in [2.75, 3.05) is 6.54 Å². The molecule has 0 bridgehead atoms. The van der Waals surface area contributed by atoms with Gasteiger partial charge in [0.25, 0.3) is 5.91 Å². The van der Waals surface area contributed by atoms with Gasteiger partial charge in [0.1, 0.15) is 5.54 Å². The minimum Gasteiger partial charge on any atom is -0.480 e. The van der Waals surface area contributed by atoms with Crippen LogP contribution in [0, 0.1) is 6.92 Å². The van der Waals surface area contributed by atoms with Gasteiger partial charge in [0, 0.05) is 24.5 Å². The van der Waals surface area contributed by atoms with Gasteiger partial charge in [-0.1, -0.05) is 0 Å². The number of carboxylic acids is 1. The van der Waals surface area contributed by atoms with Crippen molar-refractivity contribution in [1.29, 1.82) is 0 Å². The van der Waals surface area contributed by atoms with Crippen molar-refractivity contribution in [2.45, 2.75) is 33.2 Å². The van der Waals surface area contributed by atoms with E-state index < -0.39 is 11.5 Å². The second-order valence-corrected chi connectivity index (χ2v) is 4.60. The minimum atomic E-state index is -1.23. The lowest BCUT2D eigenvalue weighted by Gasteiger charge is -2.34. The van der Waals surface area contributed by atoms with Crippen LogP contribution >= 0.6 is 0 Å². The number of pyridine rings is 1. The van der Waals surface area contributed by atoms with Crippen molar-refractivity contribution in [3.05, 3.63) is 29.6 Å². The topological polar surface area (TPSA) is 70.5 Å². The number of carbonyl (C=O) groups is 2. The summed E-state index contributed by atoms with van der Waals surface area (Å²) < 4.78 is 0. The van der Waals surface area contributed by atoms with Gasteiger partial charge >= 0.3 is 5.97 Å². The van der Waals surface area contributed by atoms with Crippen LogP contribution in [-0.2, 0) is 4.79 Å². The summed E-state index contributed by atoms with van der Waals surface area (Å²) in [5.41, 5.74) is -0.00929. The van der Waals surface area contributed by atoms with Crippen LogP contribution in [0.4, 0.5) is 0 Å². The zero-order valence-electron chi connectivity index (χ0n) is 11.1. The van der Waals surface area contributed by atoms with E-state index in [4.69, 9.17) is 0 Å². The van der Waals surface area contributed by atoms with Crippen LogP contribution in [-0.4, -0.2) is 39.0 Å². The number of hydrogen-bond acceptors (Lipinski definition) is 3. The summed E-state index contributed by atoms with van der Waals surface area (Å²) in [7, 11) is 0. The normalized spacial score (nSPS) is 11.1. The predicted octanol–water partition coefficient (Wildman–Crippen LogP) is 1.72. The first kappa shape index (κ1) is 14.2. The fourth-order valence-corrected chi connectivity index (χ4v) is 1.77. The van der Waals surface area contributed by atoms with Crippen molar-refractivity contribution in [1.82, 2.24) is 9.88 Å². The van der Waals surface area contributed by atoms with Crippen molar-refractivity contribution in [3.8, 4) is 0 Å². The molecule has 1 rings (SSSR count). The smallest absolute Gasteiger partial charge is 0.329 e. The van der Waals surface area contributed by atoms with Gasteiger partial charge in [0.15, 0.2) is 0 Å². The maximum absolute atomic E-state index is 12.4. The molecular formula is C13H18N2O3. The van der Waals surface area contributed by atoms with Crippen molar-refractivity contribution >= 4 is 11.9 Å². The first-order chi connectivity index (χ1) is 8.32. The lowest BCUT2D eigenvalue weighted by atomic mass is 10.0. The molecule has 0 unspecified atom stereocenters. The average molecular weight is 250 g/mol. The van der Waals surface area contributed by atoms with E-state index >= 15 is 0 Å². The Morgan fingerprint density at radius 1 is 1.44 bits per heavy atom. The Labute approximate surface area is 106 Å². The highest BCUT2D eigenvalue weighted by Crippen LogP contribution is 2.19. The molecule has 1 aromatic heterocycles. The number of aliphatic carboxylic acids is 1. The van der Waals surface area contributed by atoms with E-state index in [1.165, 1.54) is 24.9 Å². The maximum atomic E-state index is 12.4. The number of rotatable bonds is 4. The van der Waals surface area contributed by atoms with Crippen molar-refractivity contribution in [3.63, 3.8) is 0 Å². The maximum Gasteiger partial charge on any atom is 0.329 e. The Hall–Kier alpha value is -1.91. The van der Waals surface area contributed by atoms with Gasteiger partial charge in [-0.05, 0) is 39.3 Å². The number of carbonyl (C=O) groups excluding carboxylic acids is 1. The molecule has 18 heavy (non-hydrogen) atoms. The van der Waals surface area contributed by atoms with Crippen LogP contribution < -0.4 is 0 Å². The van der Waals surface area contributed by atoms with Gasteiger partial charge in [0.2, 0.25) is 0 Å². The monoisotopic (exact) mass is 250 g/mol. The highest BCUT2D eigenvalue weighted by Gasteiger charge is 2.37. The van der Waals surface area contributed by atoms with Gasteiger partial charge < -0.3 is 10.0 Å². The lowest BCUT2D eigenvalue weighted by molar-refractivity contribution is -0.147. The molecule has 1 heterocycles. The first-order valence-electron chi connectivity index (χ1n) is 5.78. The molecule has 1 N–H and O–H groups in total. The summed E-state index contributed by atoms with van der Waals surface area (Å²) in [6.07, 6.45) is 3.12. The van der Waals surface area contributed by atoms with Crippen LogP contribution in [0.1, 0.15) is 36.7 Å². The van der Waals surface area contributed by atoms with Crippen LogP contribution in [0.25, 0.3) is 0 Å². The Morgan fingerprint density at radius 3 is 2.50 bits per heavy atom. The summed E-state index contributed by atoms with van der Waals surface area (Å²) in [5.74, 6) is -1.31. The quantitative estimate of drug-likeness (QED) is 0.883. The number of hydrogen-bond donors (Lipinski definition) is 1. The molecule has 1 amide bonds. The molecule has 0 aromatic carbocycles. The fourth-order valence-electron chi connectivity index (χ4n) is 1.77. The molecule has 0 aliphatic rings. The Balaban J connectivity index is 3.16. The molecule has 0 aliphatic heterocycles. The van der Waals surface area contributed by atoms with E-state index in [0.29, 0.717) is 12.1 Å². The van der Waals surface area contributed by atoms with Crippen LogP contribution in [0.3, 0.4) is 0 Å². The number of amides is 1. The summed E-state index contributed by atoms with van der Waals surface area (Å²) in [6.45, 7) is 6.92. The summed E-state index contributed by atoms with van der Waals surface area (Å²) in [6, 6.07) is 1.61. The molecule has 5 nitrogen and oxygen atoms in total. The minimum absolute atomic E-state index is 0.287. The molecule has 0 spiro atoms. The molecular weight excluding hydrogens is 232 g/mol. The molecule has 98 valence electrons. The van der Waals surface area contributed by atoms with Gasteiger partial charge in [-0.3, -0.25) is 9.78 Å². The van der Waals surface area contributed by atoms with E-state index in [1.54, 1.807) is 26.1 Å². The van der Waals surface area contributed by atoms with Crippen molar-refractivity contribution in [2.24, 2.45) is 0 Å². The standard InChI is InChI=1S/C13H18N2O3/c1-5-15(13(3,4)12(17)18)11(16)10-6-7-14-8-9(10)2/h6-8H,5H2,1-4H3,(H,17,18). The number of likely N-dealkylation sites (N-methyl/N-ethyl adjacent to an activating group) is 1. The lowest BCUT2D eigenvalue weighted by Crippen LogP contribution is -2.53. The van der Waals surface area contributed by atoms with E-state index in [1.807, 2.05) is 0 Å². The summed E-state index contributed by atoms with van der Waals surface area (Å²) >= 11 is 0. The second-order valence-electron chi connectivity index (χ2n) is 4.60. The van der Waals surface area contributed by atoms with Crippen LogP contribution in [0.15, 0.2) is 18.5 Å². The Kier molecular flexibility index (Phi) is 4.06. The van der Waals surface area contributed by atoms with Gasteiger partial charge in [0.05, 0.1) is 0 Å². The number of aryl methyl sites for hydroxylation is 1. The van der Waals surface area contributed by atoms with E-state index in [0.717, 1.165) is 5.56 Å². The molecule has 0 saturated carbocycles. The number of aromatic nitrogens is 1. The molecule has 0 radical (unpaired) electrons. The largest absolute Gasteiger partial charge is 0.480 e. The average Bonchev–Trinajstić information content (AvgIpc) is 2.29. The van der Waals surface area contributed by atoms with Gasteiger partial charge in [-0.15, -0.1) is 0 Å². The zero-order valence-corrected chi connectivity index (χ0v) is 11.1. The second kappa shape index (κ2) is 5.16. The van der Waals surface area contributed by atoms with Gasteiger partial charge in [-0.2, -0.15) is 0 Å². The summed E-state index contributed by atoms with van der Waals surface area (Å²) in [4.78, 5) is 28.9. The SMILES string of the molecule is CCN(C(=O)c1ccncc1C)C(C)(C)C(=O)O. The Bertz CT molecular complexity index is 469. The third kappa shape index (κ3) is 2.50. The highest BCUT2D eigenvalue weighted by molar-refractivity contribution is 5.98. The summed E-state index contributed by atoms with van der Waals surface area (Å²) in [5, 5.41) is 9.20.